The fourth-order valence-corrected chi connectivity index (χ4v) is 3.79. The van der Waals surface area contributed by atoms with Crippen molar-refractivity contribution in [3.8, 4) is 11.5 Å². The Morgan fingerprint density at radius 3 is 2.25 bits per heavy atom. The van der Waals surface area contributed by atoms with Crippen molar-refractivity contribution < 1.29 is 27.5 Å². The van der Waals surface area contributed by atoms with E-state index in [-0.39, 0.29) is 17.0 Å². The first-order valence-electron chi connectivity index (χ1n) is 9.77. The summed E-state index contributed by atoms with van der Waals surface area (Å²) < 4.78 is 37.2. The van der Waals surface area contributed by atoms with Gasteiger partial charge in [-0.3, -0.25) is 4.79 Å². The molecular formula is C23H22N2O6S. The molecule has 1 amide bonds. The number of benzene rings is 3. The van der Waals surface area contributed by atoms with Crippen molar-refractivity contribution >= 4 is 27.6 Å². The van der Waals surface area contributed by atoms with Crippen LogP contribution in [-0.4, -0.2) is 33.4 Å². The molecule has 3 aromatic rings. The first kappa shape index (κ1) is 23.0. The molecule has 3 rings (SSSR count). The van der Waals surface area contributed by atoms with Crippen LogP contribution < -0.4 is 14.8 Å². The summed E-state index contributed by atoms with van der Waals surface area (Å²) >= 11 is 0. The molecule has 0 aliphatic rings. The number of sulfonamides is 1. The lowest BCUT2D eigenvalue weighted by Gasteiger charge is -2.09. The highest BCUT2D eigenvalue weighted by Gasteiger charge is 2.16. The molecule has 0 atom stereocenters. The van der Waals surface area contributed by atoms with Crippen LogP contribution in [0.2, 0.25) is 0 Å². The Morgan fingerprint density at radius 2 is 1.56 bits per heavy atom. The topological polar surface area (TPSA) is 111 Å². The van der Waals surface area contributed by atoms with E-state index in [2.05, 4.69) is 10.0 Å². The SMILES string of the molecule is CCNS(=O)(=O)c1cccc(C(=O)OCC(=O)Nc2ccc(Oc3ccccc3)cc2)c1. The molecule has 2 N–H and O–H groups in total. The van der Waals surface area contributed by atoms with Gasteiger partial charge in [0.15, 0.2) is 6.61 Å². The molecule has 0 aromatic heterocycles. The molecule has 32 heavy (non-hydrogen) atoms. The van der Waals surface area contributed by atoms with Gasteiger partial charge in [0.05, 0.1) is 10.5 Å². The number of hydrogen-bond donors (Lipinski definition) is 2. The van der Waals surface area contributed by atoms with Crippen LogP contribution in [-0.2, 0) is 19.6 Å². The molecule has 0 heterocycles. The number of esters is 1. The molecule has 0 unspecified atom stereocenters. The van der Waals surface area contributed by atoms with Crippen molar-refractivity contribution in [2.24, 2.45) is 0 Å². The number of rotatable bonds is 9. The van der Waals surface area contributed by atoms with Gasteiger partial charge in [-0.1, -0.05) is 31.2 Å². The average molecular weight is 455 g/mol. The van der Waals surface area contributed by atoms with Gasteiger partial charge in [0, 0.05) is 12.2 Å². The summed E-state index contributed by atoms with van der Waals surface area (Å²) in [5, 5.41) is 2.61. The largest absolute Gasteiger partial charge is 0.457 e. The lowest BCUT2D eigenvalue weighted by molar-refractivity contribution is -0.119. The van der Waals surface area contributed by atoms with Crippen LogP contribution in [0.15, 0.2) is 83.8 Å². The monoisotopic (exact) mass is 454 g/mol. The van der Waals surface area contributed by atoms with E-state index in [1.54, 1.807) is 31.2 Å². The van der Waals surface area contributed by atoms with Gasteiger partial charge in [-0.15, -0.1) is 0 Å². The van der Waals surface area contributed by atoms with E-state index in [0.717, 1.165) is 0 Å². The Kier molecular flexibility index (Phi) is 7.58. The van der Waals surface area contributed by atoms with E-state index < -0.39 is 28.5 Å². The number of amides is 1. The van der Waals surface area contributed by atoms with Crippen molar-refractivity contribution in [1.29, 1.82) is 0 Å². The Balaban J connectivity index is 1.53. The third-order valence-electron chi connectivity index (χ3n) is 4.17. The summed E-state index contributed by atoms with van der Waals surface area (Å²) in [6, 6.07) is 21.4. The van der Waals surface area contributed by atoms with Gasteiger partial charge >= 0.3 is 5.97 Å². The summed E-state index contributed by atoms with van der Waals surface area (Å²) in [5.41, 5.74) is 0.532. The van der Waals surface area contributed by atoms with Crippen molar-refractivity contribution in [2.45, 2.75) is 11.8 Å². The van der Waals surface area contributed by atoms with E-state index in [4.69, 9.17) is 9.47 Å². The highest BCUT2D eigenvalue weighted by molar-refractivity contribution is 7.89. The van der Waals surface area contributed by atoms with E-state index in [0.29, 0.717) is 17.2 Å². The van der Waals surface area contributed by atoms with Crippen LogP contribution in [0.4, 0.5) is 5.69 Å². The summed E-state index contributed by atoms with van der Waals surface area (Å²) in [6.07, 6.45) is 0. The van der Waals surface area contributed by atoms with E-state index >= 15 is 0 Å². The van der Waals surface area contributed by atoms with Crippen molar-refractivity contribution in [2.75, 3.05) is 18.5 Å². The zero-order chi connectivity index (χ0) is 23.0. The second-order valence-electron chi connectivity index (χ2n) is 6.59. The third-order valence-corrected chi connectivity index (χ3v) is 5.71. The summed E-state index contributed by atoms with van der Waals surface area (Å²) in [5.74, 6) is -0.0432. The number of ether oxygens (including phenoxy) is 2. The Morgan fingerprint density at radius 1 is 0.875 bits per heavy atom. The van der Waals surface area contributed by atoms with Gasteiger partial charge in [0.2, 0.25) is 10.0 Å². The standard InChI is InChI=1S/C23H22N2O6S/c1-2-24-32(28,29)21-10-6-7-17(15-21)23(27)30-16-22(26)25-18-11-13-20(14-12-18)31-19-8-4-3-5-9-19/h3-15,24H,2,16H2,1H3,(H,25,26). The van der Waals surface area contributed by atoms with Crippen LogP contribution in [0.25, 0.3) is 0 Å². The molecule has 166 valence electrons. The number of carbonyl (C=O) groups excluding carboxylic acids is 2. The maximum Gasteiger partial charge on any atom is 0.338 e. The minimum Gasteiger partial charge on any atom is -0.457 e. The molecule has 8 nitrogen and oxygen atoms in total. The van der Waals surface area contributed by atoms with Crippen LogP contribution in [0.3, 0.4) is 0 Å². The molecule has 0 fully saturated rings. The smallest absolute Gasteiger partial charge is 0.338 e. The molecule has 3 aromatic carbocycles. The number of carbonyl (C=O) groups is 2. The summed E-state index contributed by atoms with van der Waals surface area (Å²) in [7, 11) is -3.71. The van der Waals surface area contributed by atoms with Gasteiger partial charge < -0.3 is 14.8 Å². The lowest BCUT2D eigenvalue weighted by Crippen LogP contribution is -2.24. The number of nitrogens with one attached hydrogen (secondary N) is 2. The molecule has 0 aliphatic carbocycles. The van der Waals surface area contributed by atoms with Crippen LogP contribution in [0, 0.1) is 0 Å². The maximum absolute atomic E-state index is 12.2. The first-order valence-corrected chi connectivity index (χ1v) is 11.3. The van der Waals surface area contributed by atoms with Gasteiger partial charge in [-0.2, -0.15) is 0 Å². The predicted octanol–water partition coefficient (Wildman–Crippen LogP) is 3.57. The number of para-hydroxylation sites is 1. The zero-order valence-corrected chi connectivity index (χ0v) is 18.1. The number of hydrogen-bond acceptors (Lipinski definition) is 6. The van der Waals surface area contributed by atoms with Crippen molar-refractivity contribution in [3.05, 3.63) is 84.4 Å². The van der Waals surface area contributed by atoms with Crippen molar-refractivity contribution in [1.82, 2.24) is 4.72 Å². The highest BCUT2D eigenvalue weighted by atomic mass is 32.2. The molecular weight excluding hydrogens is 432 g/mol. The quantitative estimate of drug-likeness (QED) is 0.478. The third kappa shape index (κ3) is 6.40. The average Bonchev–Trinajstić information content (AvgIpc) is 2.79. The van der Waals surface area contributed by atoms with Crippen LogP contribution in [0.5, 0.6) is 11.5 Å². The second-order valence-corrected chi connectivity index (χ2v) is 8.36. The summed E-state index contributed by atoms with van der Waals surface area (Å²) in [6.45, 7) is 1.35. The normalized spacial score (nSPS) is 10.9. The summed E-state index contributed by atoms with van der Waals surface area (Å²) in [4.78, 5) is 24.3. The fourth-order valence-electron chi connectivity index (χ4n) is 2.71. The second kappa shape index (κ2) is 10.6. The molecule has 0 bridgehead atoms. The fraction of sp³-hybridized carbons (Fsp3) is 0.130. The molecule has 0 radical (unpaired) electrons. The molecule has 0 saturated carbocycles. The molecule has 0 saturated heterocycles. The maximum atomic E-state index is 12.2. The minimum atomic E-state index is -3.71. The Labute approximate surface area is 186 Å². The number of anilines is 1. The molecule has 0 aliphatic heterocycles. The van der Waals surface area contributed by atoms with Gasteiger partial charge in [-0.05, 0) is 54.6 Å². The van der Waals surface area contributed by atoms with E-state index in [1.807, 2.05) is 30.3 Å². The zero-order valence-electron chi connectivity index (χ0n) is 17.3. The predicted molar refractivity (Wildman–Crippen MR) is 119 cm³/mol. The van der Waals surface area contributed by atoms with Gasteiger partial charge in [-0.25, -0.2) is 17.9 Å². The highest BCUT2D eigenvalue weighted by Crippen LogP contribution is 2.22. The molecule has 9 heteroatoms. The van der Waals surface area contributed by atoms with Gasteiger partial charge in [0.25, 0.3) is 5.91 Å². The Hall–Kier alpha value is -3.69. The van der Waals surface area contributed by atoms with E-state index in [9.17, 15) is 18.0 Å². The molecule has 0 spiro atoms. The Bertz CT molecular complexity index is 1180. The van der Waals surface area contributed by atoms with Crippen LogP contribution in [0.1, 0.15) is 17.3 Å². The van der Waals surface area contributed by atoms with Gasteiger partial charge in [0.1, 0.15) is 11.5 Å². The van der Waals surface area contributed by atoms with Crippen LogP contribution >= 0.6 is 0 Å². The lowest BCUT2D eigenvalue weighted by atomic mass is 10.2. The van der Waals surface area contributed by atoms with E-state index in [1.165, 1.54) is 24.3 Å². The minimum absolute atomic E-state index is 0.0270. The van der Waals surface area contributed by atoms with Crippen molar-refractivity contribution in [3.63, 3.8) is 0 Å². The first-order chi connectivity index (χ1) is 15.4.